The number of hydrogen-bond acceptors (Lipinski definition) is 1. The van der Waals surface area contributed by atoms with E-state index in [1.807, 2.05) is 0 Å². The lowest BCUT2D eigenvalue weighted by Crippen LogP contribution is -2.36. The minimum absolute atomic E-state index is 0.778. The molecule has 3 rings (SSSR count). The van der Waals surface area contributed by atoms with Gasteiger partial charge in [0.1, 0.15) is 0 Å². The minimum atomic E-state index is 0.778. The molecule has 0 heterocycles. The molecule has 18 heavy (non-hydrogen) atoms. The van der Waals surface area contributed by atoms with Crippen LogP contribution in [-0.4, -0.2) is 12.1 Å². The van der Waals surface area contributed by atoms with E-state index in [-0.39, 0.29) is 0 Å². The van der Waals surface area contributed by atoms with Crippen LogP contribution in [0.3, 0.4) is 0 Å². The van der Waals surface area contributed by atoms with Crippen molar-refractivity contribution in [3.8, 4) is 0 Å². The molecule has 0 spiro atoms. The molecule has 1 nitrogen and oxygen atoms in total. The zero-order valence-electron chi connectivity index (χ0n) is 12.7. The molecule has 4 atom stereocenters. The molecule has 3 aliphatic rings. The second kappa shape index (κ2) is 4.81. The highest BCUT2D eigenvalue weighted by atomic mass is 15.0. The Hall–Kier alpha value is -0.0400. The van der Waals surface area contributed by atoms with Gasteiger partial charge in [-0.2, -0.15) is 0 Å². The Kier molecular flexibility index (Phi) is 3.47. The fourth-order valence-corrected chi connectivity index (χ4v) is 5.19. The van der Waals surface area contributed by atoms with Gasteiger partial charge >= 0.3 is 0 Å². The molecule has 0 radical (unpaired) electrons. The van der Waals surface area contributed by atoms with E-state index in [0.717, 1.165) is 47.6 Å². The summed E-state index contributed by atoms with van der Waals surface area (Å²) < 4.78 is 0. The van der Waals surface area contributed by atoms with Crippen LogP contribution >= 0.6 is 0 Å². The molecule has 1 heteroatoms. The van der Waals surface area contributed by atoms with Crippen molar-refractivity contribution in [2.24, 2.45) is 35.5 Å². The molecule has 1 N–H and O–H groups in total. The molecule has 4 unspecified atom stereocenters. The van der Waals surface area contributed by atoms with Gasteiger partial charge in [-0.3, -0.25) is 0 Å². The van der Waals surface area contributed by atoms with Gasteiger partial charge in [0.2, 0.25) is 0 Å². The van der Waals surface area contributed by atoms with Crippen LogP contribution in [0.4, 0.5) is 0 Å². The topological polar surface area (TPSA) is 12.0 Å². The zero-order chi connectivity index (χ0) is 12.9. The van der Waals surface area contributed by atoms with Crippen LogP contribution in [0.25, 0.3) is 0 Å². The lowest BCUT2D eigenvalue weighted by molar-refractivity contribution is 0.331. The summed E-state index contributed by atoms with van der Waals surface area (Å²) in [5, 5.41) is 4.06. The van der Waals surface area contributed by atoms with E-state index < -0.39 is 0 Å². The molecular formula is C17H31N. The summed E-state index contributed by atoms with van der Waals surface area (Å²) in [7, 11) is 0. The molecule has 0 amide bonds. The second-order valence-corrected chi connectivity index (χ2v) is 8.14. The molecular weight excluding hydrogens is 218 g/mol. The minimum Gasteiger partial charge on any atom is -0.311 e. The largest absolute Gasteiger partial charge is 0.311 e. The third-order valence-electron chi connectivity index (χ3n) is 5.68. The maximum atomic E-state index is 4.06. The lowest BCUT2D eigenvalue weighted by Gasteiger charge is -2.24. The van der Waals surface area contributed by atoms with Gasteiger partial charge in [0.15, 0.2) is 0 Å². The first-order valence-electron chi connectivity index (χ1n) is 8.32. The molecule has 3 saturated carbocycles. The average molecular weight is 249 g/mol. The summed E-state index contributed by atoms with van der Waals surface area (Å²) in [5.41, 5.74) is 0. The number of rotatable bonds is 6. The standard InChI is InChI=1S/C17H31N/c1-10(2)7-14(8-11(3)4)18-17-15-12-5-6-13(9-12)16(15)17/h10-18H,5-9H2,1-4H3. The monoisotopic (exact) mass is 249 g/mol. The van der Waals surface area contributed by atoms with Crippen LogP contribution in [0.5, 0.6) is 0 Å². The fraction of sp³-hybridized carbons (Fsp3) is 1.00. The Morgan fingerprint density at radius 3 is 1.83 bits per heavy atom. The summed E-state index contributed by atoms with van der Waals surface area (Å²) in [6.07, 6.45) is 7.39. The SMILES string of the molecule is CC(C)CC(CC(C)C)NC1C2C3CCC(C3)C12. The predicted molar refractivity (Wildman–Crippen MR) is 77.4 cm³/mol. The Labute approximate surface area is 113 Å². The molecule has 0 aromatic carbocycles. The van der Waals surface area contributed by atoms with Crippen molar-refractivity contribution >= 4 is 0 Å². The van der Waals surface area contributed by atoms with E-state index in [1.165, 1.54) is 12.8 Å². The highest BCUT2D eigenvalue weighted by Crippen LogP contribution is 2.65. The summed E-state index contributed by atoms with van der Waals surface area (Å²) >= 11 is 0. The molecule has 2 bridgehead atoms. The Morgan fingerprint density at radius 1 is 0.889 bits per heavy atom. The third kappa shape index (κ3) is 2.35. The maximum absolute atomic E-state index is 4.06. The second-order valence-electron chi connectivity index (χ2n) is 8.14. The zero-order valence-corrected chi connectivity index (χ0v) is 12.7. The van der Waals surface area contributed by atoms with Gasteiger partial charge < -0.3 is 5.32 Å². The van der Waals surface area contributed by atoms with Crippen molar-refractivity contribution < 1.29 is 0 Å². The molecule has 0 aromatic rings. The highest BCUT2D eigenvalue weighted by Gasteiger charge is 2.64. The van der Waals surface area contributed by atoms with Crippen molar-refractivity contribution in [1.82, 2.24) is 5.32 Å². The summed E-state index contributed by atoms with van der Waals surface area (Å²) in [4.78, 5) is 0. The van der Waals surface area contributed by atoms with Crippen molar-refractivity contribution in [3.63, 3.8) is 0 Å². The number of nitrogens with one attached hydrogen (secondary N) is 1. The van der Waals surface area contributed by atoms with Gasteiger partial charge in [-0.15, -0.1) is 0 Å². The van der Waals surface area contributed by atoms with Gasteiger partial charge in [-0.1, -0.05) is 27.7 Å². The summed E-state index contributed by atoms with van der Waals surface area (Å²) in [5.74, 6) is 6.05. The summed E-state index contributed by atoms with van der Waals surface area (Å²) in [6.45, 7) is 9.47. The van der Waals surface area contributed by atoms with Gasteiger partial charge in [0.25, 0.3) is 0 Å². The normalized spacial score (nSPS) is 41.2. The first-order valence-corrected chi connectivity index (χ1v) is 8.32. The smallest absolute Gasteiger partial charge is 0.0138 e. The first kappa shape index (κ1) is 13.0. The Morgan fingerprint density at radius 2 is 1.39 bits per heavy atom. The van der Waals surface area contributed by atoms with Crippen LogP contribution in [0.15, 0.2) is 0 Å². The van der Waals surface area contributed by atoms with Crippen LogP contribution in [0, 0.1) is 35.5 Å². The highest BCUT2D eigenvalue weighted by molar-refractivity contribution is 5.17. The molecule has 104 valence electrons. The van der Waals surface area contributed by atoms with Crippen LogP contribution in [0.1, 0.15) is 59.8 Å². The molecule has 3 aliphatic carbocycles. The first-order chi connectivity index (χ1) is 8.56. The van der Waals surface area contributed by atoms with E-state index in [1.54, 1.807) is 19.3 Å². The van der Waals surface area contributed by atoms with E-state index in [9.17, 15) is 0 Å². The molecule has 0 aromatic heterocycles. The lowest BCUT2D eigenvalue weighted by atomic mass is 9.95. The fourth-order valence-electron chi connectivity index (χ4n) is 5.19. The number of fused-ring (bicyclic) bond motifs is 5. The summed E-state index contributed by atoms with van der Waals surface area (Å²) in [6, 6.07) is 1.69. The maximum Gasteiger partial charge on any atom is 0.0138 e. The van der Waals surface area contributed by atoms with Crippen LogP contribution < -0.4 is 5.32 Å². The van der Waals surface area contributed by atoms with E-state index in [2.05, 4.69) is 33.0 Å². The van der Waals surface area contributed by atoms with Crippen LogP contribution in [-0.2, 0) is 0 Å². The molecule has 0 aliphatic heterocycles. The van der Waals surface area contributed by atoms with E-state index >= 15 is 0 Å². The van der Waals surface area contributed by atoms with Crippen molar-refractivity contribution in [2.45, 2.75) is 71.9 Å². The Balaban J connectivity index is 1.54. The van der Waals surface area contributed by atoms with E-state index in [0.29, 0.717) is 0 Å². The Bertz CT molecular complexity index is 270. The van der Waals surface area contributed by atoms with Gasteiger partial charge in [0.05, 0.1) is 0 Å². The van der Waals surface area contributed by atoms with Gasteiger partial charge in [-0.05, 0) is 67.6 Å². The van der Waals surface area contributed by atoms with Crippen LogP contribution in [0.2, 0.25) is 0 Å². The van der Waals surface area contributed by atoms with Crippen molar-refractivity contribution in [2.75, 3.05) is 0 Å². The third-order valence-corrected chi connectivity index (χ3v) is 5.68. The molecule has 3 fully saturated rings. The number of hydrogen-bond donors (Lipinski definition) is 1. The molecule has 0 saturated heterocycles. The van der Waals surface area contributed by atoms with E-state index in [4.69, 9.17) is 0 Å². The quantitative estimate of drug-likeness (QED) is 0.748. The predicted octanol–water partition coefficient (Wildman–Crippen LogP) is 4.08. The van der Waals surface area contributed by atoms with Crippen molar-refractivity contribution in [3.05, 3.63) is 0 Å². The van der Waals surface area contributed by atoms with Gasteiger partial charge in [0, 0.05) is 12.1 Å². The van der Waals surface area contributed by atoms with Gasteiger partial charge in [-0.25, -0.2) is 0 Å². The average Bonchev–Trinajstić information content (AvgIpc) is 2.68. The van der Waals surface area contributed by atoms with Crippen molar-refractivity contribution in [1.29, 1.82) is 0 Å².